The van der Waals surface area contributed by atoms with Gasteiger partial charge in [0.2, 0.25) is 0 Å². The Morgan fingerprint density at radius 2 is 2.10 bits per heavy atom. The number of carbonyl (C=O) groups is 1. The van der Waals surface area contributed by atoms with Gasteiger partial charge in [0.05, 0.1) is 5.69 Å². The summed E-state index contributed by atoms with van der Waals surface area (Å²) in [6.45, 7) is 6.91. The van der Waals surface area contributed by atoms with Crippen LogP contribution >= 0.6 is 11.6 Å². The highest BCUT2D eigenvalue weighted by Crippen LogP contribution is 2.36. The van der Waals surface area contributed by atoms with Gasteiger partial charge in [0, 0.05) is 17.6 Å². The Morgan fingerprint density at radius 1 is 1.38 bits per heavy atom. The SMILES string of the molecule is CC1Oc2ccc(Cl)cc2N(CC(C)N2CCCC2)C1=O. The van der Waals surface area contributed by atoms with Crippen molar-refractivity contribution in [2.24, 2.45) is 0 Å². The molecule has 1 aromatic rings. The fourth-order valence-electron chi connectivity index (χ4n) is 3.13. The molecule has 0 N–H and O–H groups in total. The lowest BCUT2D eigenvalue weighted by molar-refractivity contribution is -0.125. The second-order valence-electron chi connectivity index (χ2n) is 5.91. The number of carbonyl (C=O) groups excluding carboxylic acids is 1. The van der Waals surface area contributed by atoms with Crippen LogP contribution in [0.15, 0.2) is 18.2 Å². The molecule has 1 aromatic carbocycles. The van der Waals surface area contributed by atoms with Gasteiger partial charge in [-0.25, -0.2) is 0 Å². The maximum atomic E-state index is 12.5. The predicted octanol–water partition coefficient (Wildman–Crippen LogP) is 2.94. The summed E-state index contributed by atoms with van der Waals surface area (Å²) in [6.07, 6.45) is 2.06. The number of hydrogen-bond donors (Lipinski definition) is 0. The molecule has 4 nitrogen and oxygen atoms in total. The molecule has 0 radical (unpaired) electrons. The summed E-state index contributed by atoms with van der Waals surface area (Å²) in [4.78, 5) is 16.8. The van der Waals surface area contributed by atoms with Crippen LogP contribution in [0, 0.1) is 0 Å². The van der Waals surface area contributed by atoms with Crippen molar-refractivity contribution in [1.29, 1.82) is 0 Å². The second-order valence-corrected chi connectivity index (χ2v) is 6.35. The average molecular weight is 309 g/mol. The van der Waals surface area contributed by atoms with Crippen LogP contribution in [0.5, 0.6) is 5.75 Å². The van der Waals surface area contributed by atoms with Gasteiger partial charge in [0.25, 0.3) is 5.91 Å². The highest BCUT2D eigenvalue weighted by atomic mass is 35.5. The highest BCUT2D eigenvalue weighted by Gasteiger charge is 2.33. The molecule has 2 unspecified atom stereocenters. The zero-order chi connectivity index (χ0) is 15.0. The molecule has 0 aliphatic carbocycles. The molecule has 2 aliphatic heterocycles. The molecule has 1 saturated heterocycles. The molecule has 21 heavy (non-hydrogen) atoms. The number of benzene rings is 1. The Kier molecular flexibility index (Phi) is 4.09. The number of likely N-dealkylation sites (tertiary alicyclic amines) is 1. The molecule has 0 aromatic heterocycles. The first-order chi connectivity index (χ1) is 10.1. The minimum absolute atomic E-state index is 0.0100. The molecule has 2 heterocycles. The standard InChI is InChI=1S/C16H21ClN2O2/c1-11(18-7-3-4-8-18)10-19-14-9-13(17)5-6-15(14)21-12(2)16(19)20/h5-6,9,11-12H,3-4,7-8,10H2,1-2H3. The van der Waals surface area contributed by atoms with Gasteiger partial charge in [0.15, 0.2) is 6.10 Å². The summed E-state index contributed by atoms with van der Waals surface area (Å²) in [5.74, 6) is 0.746. The van der Waals surface area contributed by atoms with Gasteiger partial charge in [-0.05, 0) is 58.0 Å². The second kappa shape index (κ2) is 5.85. The van der Waals surface area contributed by atoms with E-state index in [2.05, 4.69) is 11.8 Å². The number of ether oxygens (including phenoxy) is 1. The Bertz CT molecular complexity index is 543. The quantitative estimate of drug-likeness (QED) is 0.860. The Balaban J connectivity index is 1.85. The maximum absolute atomic E-state index is 12.5. The molecule has 0 bridgehead atoms. The van der Waals surface area contributed by atoms with Crippen LogP contribution in [0.4, 0.5) is 5.69 Å². The van der Waals surface area contributed by atoms with Crippen molar-refractivity contribution in [3.8, 4) is 5.75 Å². The van der Waals surface area contributed by atoms with Crippen molar-refractivity contribution in [2.75, 3.05) is 24.5 Å². The Hall–Kier alpha value is -1.26. The predicted molar refractivity (Wildman–Crippen MR) is 84.2 cm³/mol. The van der Waals surface area contributed by atoms with Crippen molar-refractivity contribution in [3.05, 3.63) is 23.2 Å². The zero-order valence-corrected chi connectivity index (χ0v) is 13.3. The lowest BCUT2D eigenvalue weighted by atomic mass is 10.1. The first-order valence-corrected chi connectivity index (χ1v) is 7.95. The number of amides is 1. The van der Waals surface area contributed by atoms with Crippen LogP contribution in [-0.2, 0) is 4.79 Å². The smallest absolute Gasteiger partial charge is 0.267 e. The molecule has 5 heteroatoms. The van der Waals surface area contributed by atoms with E-state index >= 15 is 0 Å². The van der Waals surface area contributed by atoms with Crippen LogP contribution in [0.3, 0.4) is 0 Å². The van der Waals surface area contributed by atoms with Crippen LogP contribution in [0.1, 0.15) is 26.7 Å². The van der Waals surface area contributed by atoms with Crippen molar-refractivity contribution < 1.29 is 9.53 Å². The van der Waals surface area contributed by atoms with E-state index in [0.29, 0.717) is 17.6 Å². The lowest BCUT2D eigenvalue weighted by Crippen LogP contribution is -2.50. The topological polar surface area (TPSA) is 32.8 Å². The summed E-state index contributed by atoms with van der Waals surface area (Å²) < 4.78 is 5.67. The number of hydrogen-bond acceptors (Lipinski definition) is 3. The molecule has 114 valence electrons. The van der Waals surface area contributed by atoms with Gasteiger partial charge in [-0.3, -0.25) is 9.69 Å². The molecule has 1 fully saturated rings. The summed E-state index contributed by atoms with van der Waals surface area (Å²) in [5.41, 5.74) is 0.789. The molecule has 1 amide bonds. The third-order valence-corrected chi connectivity index (χ3v) is 4.58. The minimum atomic E-state index is -0.440. The van der Waals surface area contributed by atoms with E-state index in [1.807, 2.05) is 17.0 Å². The number of halogens is 1. The van der Waals surface area contributed by atoms with E-state index in [4.69, 9.17) is 16.3 Å². The average Bonchev–Trinajstić information content (AvgIpc) is 2.99. The summed E-state index contributed by atoms with van der Waals surface area (Å²) >= 11 is 6.09. The van der Waals surface area contributed by atoms with Crippen LogP contribution < -0.4 is 9.64 Å². The molecular weight excluding hydrogens is 288 g/mol. The van der Waals surface area contributed by atoms with Gasteiger partial charge >= 0.3 is 0 Å². The largest absolute Gasteiger partial charge is 0.479 e. The van der Waals surface area contributed by atoms with Crippen molar-refractivity contribution in [2.45, 2.75) is 38.8 Å². The minimum Gasteiger partial charge on any atom is -0.479 e. The van der Waals surface area contributed by atoms with Crippen LogP contribution in [0.25, 0.3) is 0 Å². The fraction of sp³-hybridized carbons (Fsp3) is 0.562. The van der Waals surface area contributed by atoms with E-state index in [1.165, 1.54) is 12.8 Å². The first kappa shape index (κ1) is 14.7. The molecule has 2 aliphatic rings. The van der Waals surface area contributed by atoms with Gasteiger partial charge in [-0.1, -0.05) is 11.6 Å². The van der Waals surface area contributed by atoms with E-state index in [0.717, 1.165) is 24.5 Å². The van der Waals surface area contributed by atoms with Crippen LogP contribution in [-0.4, -0.2) is 42.6 Å². The number of rotatable bonds is 3. The van der Waals surface area contributed by atoms with Crippen molar-refractivity contribution in [3.63, 3.8) is 0 Å². The van der Waals surface area contributed by atoms with Crippen LogP contribution in [0.2, 0.25) is 5.02 Å². The molecule has 2 atom stereocenters. The molecule has 0 saturated carbocycles. The summed E-state index contributed by atoms with van der Waals surface area (Å²) in [6, 6.07) is 5.80. The third kappa shape index (κ3) is 2.87. The zero-order valence-electron chi connectivity index (χ0n) is 12.5. The van der Waals surface area contributed by atoms with E-state index in [1.54, 1.807) is 13.0 Å². The third-order valence-electron chi connectivity index (χ3n) is 4.34. The number of fused-ring (bicyclic) bond motifs is 1. The molecular formula is C16H21ClN2O2. The van der Waals surface area contributed by atoms with Crippen molar-refractivity contribution in [1.82, 2.24) is 4.90 Å². The van der Waals surface area contributed by atoms with Crippen molar-refractivity contribution >= 4 is 23.2 Å². The first-order valence-electron chi connectivity index (χ1n) is 7.58. The Morgan fingerprint density at radius 3 is 2.81 bits per heavy atom. The van der Waals surface area contributed by atoms with E-state index in [-0.39, 0.29) is 5.91 Å². The summed E-state index contributed by atoms with van der Waals surface area (Å²) in [5, 5.41) is 0.624. The van der Waals surface area contributed by atoms with Gasteiger partial charge in [-0.15, -0.1) is 0 Å². The summed E-state index contributed by atoms with van der Waals surface area (Å²) in [7, 11) is 0. The van der Waals surface area contributed by atoms with E-state index < -0.39 is 6.10 Å². The molecule has 0 spiro atoms. The fourth-order valence-corrected chi connectivity index (χ4v) is 3.30. The maximum Gasteiger partial charge on any atom is 0.267 e. The number of nitrogens with zero attached hydrogens (tertiary/aromatic N) is 2. The van der Waals surface area contributed by atoms with Gasteiger partial charge < -0.3 is 9.64 Å². The normalized spacial score (nSPS) is 23.9. The van der Waals surface area contributed by atoms with E-state index in [9.17, 15) is 4.79 Å². The van der Waals surface area contributed by atoms with Gasteiger partial charge in [0.1, 0.15) is 5.75 Å². The number of anilines is 1. The van der Waals surface area contributed by atoms with Gasteiger partial charge in [-0.2, -0.15) is 0 Å². The lowest BCUT2D eigenvalue weighted by Gasteiger charge is -2.36. The highest BCUT2D eigenvalue weighted by molar-refractivity contribution is 6.31. The Labute approximate surface area is 130 Å². The molecule has 3 rings (SSSR count). The monoisotopic (exact) mass is 308 g/mol.